The molecular weight excluding hydrogens is 346 g/mol. The Hall–Kier alpha value is -1.13. The number of aryl methyl sites for hydroxylation is 1. The van der Waals surface area contributed by atoms with Crippen LogP contribution in [0.1, 0.15) is 23.1 Å². The fourth-order valence-corrected chi connectivity index (χ4v) is 4.20. The molecule has 1 aliphatic carbocycles. The van der Waals surface area contributed by atoms with E-state index in [-0.39, 0.29) is 11.8 Å². The summed E-state index contributed by atoms with van der Waals surface area (Å²) >= 11 is 5.13. The Balaban J connectivity index is 1.66. The molecule has 1 atom stereocenters. The Morgan fingerprint density at radius 1 is 1.38 bits per heavy atom. The highest BCUT2D eigenvalue weighted by molar-refractivity contribution is 9.11. The summed E-state index contributed by atoms with van der Waals surface area (Å²) in [5.41, 5.74) is 3.94. The van der Waals surface area contributed by atoms with Crippen LogP contribution in [0.15, 0.2) is 39.5 Å². The summed E-state index contributed by atoms with van der Waals surface area (Å²) in [5, 5.41) is 2.10. The number of amides is 1. The predicted octanol–water partition coefficient (Wildman–Crippen LogP) is 4.27. The number of hydrogen-bond acceptors (Lipinski definition) is 2. The van der Waals surface area contributed by atoms with Gasteiger partial charge in [-0.2, -0.15) is 0 Å². The lowest BCUT2D eigenvalue weighted by Crippen LogP contribution is -2.35. The van der Waals surface area contributed by atoms with Crippen molar-refractivity contribution in [2.45, 2.75) is 25.8 Å². The van der Waals surface area contributed by atoms with E-state index in [0.717, 1.165) is 23.0 Å². The van der Waals surface area contributed by atoms with E-state index in [0.29, 0.717) is 6.54 Å². The molecule has 1 aromatic heterocycles. The van der Waals surface area contributed by atoms with Crippen LogP contribution in [0.3, 0.4) is 0 Å². The lowest BCUT2D eigenvalue weighted by Gasteiger charge is -2.27. The number of carbonyl (C=O) groups is 1. The van der Waals surface area contributed by atoms with Crippen LogP contribution in [0.5, 0.6) is 0 Å². The molecule has 1 heterocycles. The standard InChI is InChI=1S/C17H18BrNOS/c1-19(10-12-8-16(18)21-11-12)17(20)15-7-6-13-4-2-3-5-14(13)9-15/h2-5,8,11,15H,6-7,9-10H2,1H3. The van der Waals surface area contributed by atoms with Gasteiger partial charge >= 0.3 is 0 Å². The Morgan fingerprint density at radius 3 is 2.86 bits per heavy atom. The number of fused-ring (bicyclic) bond motifs is 1. The second-order valence-electron chi connectivity index (χ2n) is 5.66. The average molecular weight is 364 g/mol. The molecule has 3 rings (SSSR count). The van der Waals surface area contributed by atoms with Gasteiger partial charge in [-0.1, -0.05) is 24.3 Å². The van der Waals surface area contributed by atoms with E-state index in [1.54, 1.807) is 11.3 Å². The molecule has 1 unspecified atom stereocenters. The summed E-state index contributed by atoms with van der Waals surface area (Å²) in [7, 11) is 1.91. The fraction of sp³-hybridized carbons (Fsp3) is 0.353. The van der Waals surface area contributed by atoms with Gasteiger partial charge in [-0.15, -0.1) is 11.3 Å². The van der Waals surface area contributed by atoms with E-state index in [1.807, 2.05) is 11.9 Å². The molecule has 0 radical (unpaired) electrons. The van der Waals surface area contributed by atoms with E-state index in [1.165, 1.54) is 16.7 Å². The number of benzene rings is 1. The monoisotopic (exact) mass is 363 g/mol. The van der Waals surface area contributed by atoms with Gasteiger partial charge in [0.05, 0.1) is 3.79 Å². The fourth-order valence-electron chi connectivity index (χ4n) is 3.00. The molecule has 0 saturated heterocycles. The summed E-state index contributed by atoms with van der Waals surface area (Å²) in [5.74, 6) is 0.402. The minimum absolute atomic E-state index is 0.131. The maximum Gasteiger partial charge on any atom is 0.226 e. The summed E-state index contributed by atoms with van der Waals surface area (Å²) in [4.78, 5) is 14.5. The van der Waals surface area contributed by atoms with Crippen molar-refractivity contribution < 1.29 is 4.79 Å². The maximum atomic E-state index is 12.6. The third-order valence-corrected chi connectivity index (χ3v) is 5.67. The van der Waals surface area contributed by atoms with Crippen LogP contribution in [-0.2, 0) is 24.2 Å². The normalized spacial score (nSPS) is 17.3. The van der Waals surface area contributed by atoms with Crippen LogP contribution in [0.2, 0.25) is 0 Å². The van der Waals surface area contributed by atoms with Crippen LogP contribution in [0, 0.1) is 5.92 Å². The van der Waals surface area contributed by atoms with Crippen molar-refractivity contribution in [1.82, 2.24) is 4.90 Å². The molecule has 1 aliphatic rings. The highest BCUT2D eigenvalue weighted by Gasteiger charge is 2.26. The quantitative estimate of drug-likeness (QED) is 0.796. The molecule has 4 heteroatoms. The average Bonchev–Trinajstić information content (AvgIpc) is 2.91. The van der Waals surface area contributed by atoms with Crippen molar-refractivity contribution in [1.29, 1.82) is 0 Å². The Kier molecular flexibility index (Phi) is 4.45. The van der Waals surface area contributed by atoms with Crippen molar-refractivity contribution >= 4 is 33.2 Å². The SMILES string of the molecule is CN(Cc1csc(Br)c1)C(=O)C1CCc2ccccc2C1. The molecule has 0 fully saturated rings. The maximum absolute atomic E-state index is 12.6. The van der Waals surface area contributed by atoms with Crippen molar-refractivity contribution in [2.75, 3.05) is 7.05 Å². The second-order valence-corrected chi connectivity index (χ2v) is 7.95. The van der Waals surface area contributed by atoms with E-state index in [4.69, 9.17) is 0 Å². The highest BCUT2D eigenvalue weighted by Crippen LogP contribution is 2.27. The summed E-state index contributed by atoms with van der Waals surface area (Å²) in [6, 6.07) is 10.6. The predicted molar refractivity (Wildman–Crippen MR) is 90.5 cm³/mol. The van der Waals surface area contributed by atoms with Gasteiger partial charge in [-0.25, -0.2) is 0 Å². The number of carbonyl (C=O) groups excluding carboxylic acids is 1. The van der Waals surface area contributed by atoms with E-state index in [9.17, 15) is 4.79 Å². The molecular formula is C17H18BrNOS. The molecule has 0 N–H and O–H groups in total. The van der Waals surface area contributed by atoms with Gasteiger partial charge in [0.2, 0.25) is 5.91 Å². The molecule has 0 spiro atoms. The van der Waals surface area contributed by atoms with Crippen LogP contribution in [-0.4, -0.2) is 17.9 Å². The first kappa shape index (κ1) is 14.8. The van der Waals surface area contributed by atoms with Crippen LogP contribution in [0.25, 0.3) is 0 Å². The smallest absolute Gasteiger partial charge is 0.226 e. The Labute approximate surface area is 137 Å². The third kappa shape index (κ3) is 3.38. The molecule has 2 aromatic rings. The first-order chi connectivity index (χ1) is 10.1. The van der Waals surface area contributed by atoms with Gasteiger partial charge in [0, 0.05) is 19.5 Å². The first-order valence-corrected chi connectivity index (χ1v) is 8.85. The molecule has 1 amide bonds. The van der Waals surface area contributed by atoms with Crippen molar-refractivity contribution in [3.05, 3.63) is 56.2 Å². The van der Waals surface area contributed by atoms with Gasteiger partial charge in [-0.05, 0) is 63.3 Å². The van der Waals surface area contributed by atoms with Crippen LogP contribution in [0.4, 0.5) is 0 Å². The second kappa shape index (κ2) is 6.32. The Bertz CT molecular complexity index is 652. The zero-order valence-electron chi connectivity index (χ0n) is 12.0. The molecule has 2 nitrogen and oxygen atoms in total. The first-order valence-electron chi connectivity index (χ1n) is 7.18. The van der Waals surface area contributed by atoms with Gasteiger partial charge < -0.3 is 4.90 Å². The van der Waals surface area contributed by atoms with Crippen molar-refractivity contribution in [3.63, 3.8) is 0 Å². The largest absolute Gasteiger partial charge is 0.341 e. The van der Waals surface area contributed by atoms with Gasteiger partial charge in [0.15, 0.2) is 0 Å². The minimum Gasteiger partial charge on any atom is -0.341 e. The zero-order valence-corrected chi connectivity index (χ0v) is 14.4. The highest BCUT2D eigenvalue weighted by atomic mass is 79.9. The van der Waals surface area contributed by atoms with E-state index < -0.39 is 0 Å². The molecule has 110 valence electrons. The topological polar surface area (TPSA) is 20.3 Å². The van der Waals surface area contributed by atoms with Gasteiger partial charge in [-0.3, -0.25) is 4.79 Å². The summed E-state index contributed by atoms with van der Waals surface area (Å²) in [6.07, 6.45) is 2.87. The summed E-state index contributed by atoms with van der Waals surface area (Å²) < 4.78 is 1.12. The number of rotatable bonds is 3. The molecule has 0 bridgehead atoms. The summed E-state index contributed by atoms with van der Waals surface area (Å²) in [6.45, 7) is 0.694. The lowest BCUT2D eigenvalue weighted by atomic mass is 9.83. The van der Waals surface area contributed by atoms with Crippen LogP contribution < -0.4 is 0 Å². The minimum atomic E-state index is 0.131. The third-order valence-electron chi connectivity index (χ3n) is 4.11. The van der Waals surface area contributed by atoms with Gasteiger partial charge in [0.1, 0.15) is 0 Å². The molecule has 0 saturated carbocycles. The molecule has 21 heavy (non-hydrogen) atoms. The van der Waals surface area contributed by atoms with Crippen LogP contribution >= 0.6 is 27.3 Å². The van der Waals surface area contributed by atoms with E-state index in [2.05, 4.69) is 51.6 Å². The van der Waals surface area contributed by atoms with Crippen molar-refractivity contribution in [3.8, 4) is 0 Å². The number of hydrogen-bond donors (Lipinski definition) is 0. The van der Waals surface area contributed by atoms with Crippen molar-refractivity contribution in [2.24, 2.45) is 5.92 Å². The number of thiophene rings is 1. The Morgan fingerprint density at radius 2 is 2.14 bits per heavy atom. The number of nitrogens with zero attached hydrogens (tertiary/aromatic N) is 1. The number of halogens is 1. The van der Waals surface area contributed by atoms with Gasteiger partial charge in [0.25, 0.3) is 0 Å². The molecule has 1 aromatic carbocycles. The molecule has 0 aliphatic heterocycles. The lowest BCUT2D eigenvalue weighted by molar-refractivity contribution is -0.135. The zero-order chi connectivity index (χ0) is 14.8. The van der Waals surface area contributed by atoms with E-state index >= 15 is 0 Å².